The summed E-state index contributed by atoms with van der Waals surface area (Å²) in [5.41, 5.74) is 2.08. The zero-order valence-corrected chi connectivity index (χ0v) is 9.07. The first-order valence-electron chi connectivity index (χ1n) is 5.24. The van der Waals surface area contributed by atoms with Gasteiger partial charge in [0.2, 0.25) is 0 Å². The third kappa shape index (κ3) is 2.82. The SMILES string of the molecule is CC(Cc1ccc(F)cc1)Nc1cn[nH]c1. The Morgan fingerprint density at radius 1 is 1.38 bits per heavy atom. The number of rotatable bonds is 4. The van der Waals surface area contributed by atoms with Crippen LogP contribution in [0.25, 0.3) is 0 Å². The molecule has 0 aliphatic carbocycles. The molecule has 1 heterocycles. The molecule has 0 aliphatic heterocycles. The van der Waals surface area contributed by atoms with Crippen LogP contribution in [0.3, 0.4) is 0 Å². The third-order valence-corrected chi connectivity index (χ3v) is 2.37. The average molecular weight is 219 g/mol. The zero-order chi connectivity index (χ0) is 11.4. The summed E-state index contributed by atoms with van der Waals surface area (Å²) in [5, 5.41) is 9.90. The molecule has 4 heteroatoms. The van der Waals surface area contributed by atoms with E-state index in [2.05, 4.69) is 22.4 Å². The molecule has 0 radical (unpaired) electrons. The van der Waals surface area contributed by atoms with E-state index in [1.54, 1.807) is 12.4 Å². The van der Waals surface area contributed by atoms with Crippen LogP contribution in [-0.4, -0.2) is 16.2 Å². The molecule has 0 saturated heterocycles. The van der Waals surface area contributed by atoms with E-state index in [-0.39, 0.29) is 11.9 Å². The predicted octanol–water partition coefficient (Wildman–Crippen LogP) is 2.59. The summed E-state index contributed by atoms with van der Waals surface area (Å²) in [6, 6.07) is 6.87. The van der Waals surface area contributed by atoms with E-state index >= 15 is 0 Å². The first-order valence-corrected chi connectivity index (χ1v) is 5.24. The van der Waals surface area contributed by atoms with Gasteiger partial charge in [-0.3, -0.25) is 5.10 Å². The number of aromatic amines is 1. The van der Waals surface area contributed by atoms with Crippen molar-refractivity contribution in [2.24, 2.45) is 0 Å². The number of H-pyrrole nitrogens is 1. The standard InChI is InChI=1S/C12H14FN3/c1-9(16-12-7-14-15-8-12)6-10-2-4-11(13)5-3-10/h2-5,7-9,16H,6H2,1H3,(H,14,15). The molecule has 1 atom stereocenters. The minimum Gasteiger partial charge on any atom is -0.380 e. The van der Waals surface area contributed by atoms with Gasteiger partial charge in [0.15, 0.2) is 0 Å². The number of aromatic nitrogens is 2. The Bertz CT molecular complexity index is 422. The van der Waals surface area contributed by atoms with E-state index < -0.39 is 0 Å². The highest BCUT2D eigenvalue weighted by molar-refractivity contribution is 5.39. The van der Waals surface area contributed by atoms with Gasteiger partial charge in [-0.2, -0.15) is 5.10 Å². The minimum absolute atomic E-state index is 0.195. The van der Waals surface area contributed by atoms with E-state index in [1.807, 2.05) is 12.1 Å². The van der Waals surface area contributed by atoms with Crippen LogP contribution < -0.4 is 5.32 Å². The van der Waals surface area contributed by atoms with Crippen LogP contribution in [0.5, 0.6) is 0 Å². The van der Waals surface area contributed by atoms with Gasteiger partial charge in [-0.15, -0.1) is 0 Å². The molecule has 0 bridgehead atoms. The average Bonchev–Trinajstić information content (AvgIpc) is 2.74. The fourth-order valence-corrected chi connectivity index (χ4v) is 1.64. The van der Waals surface area contributed by atoms with Gasteiger partial charge in [0.1, 0.15) is 5.82 Å². The van der Waals surface area contributed by atoms with Crippen molar-refractivity contribution in [1.29, 1.82) is 0 Å². The summed E-state index contributed by atoms with van der Waals surface area (Å²) in [7, 11) is 0. The molecule has 1 aromatic carbocycles. The van der Waals surface area contributed by atoms with Gasteiger partial charge in [0.05, 0.1) is 11.9 Å². The molecule has 0 saturated carbocycles. The molecular formula is C12H14FN3. The lowest BCUT2D eigenvalue weighted by Gasteiger charge is -2.13. The molecule has 1 unspecified atom stereocenters. The van der Waals surface area contributed by atoms with Crippen LogP contribution in [0, 0.1) is 5.82 Å². The number of hydrogen-bond donors (Lipinski definition) is 2. The lowest BCUT2D eigenvalue weighted by molar-refractivity contribution is 0.626. The largest absolute Gasteiger partial charge is 0.380 e. The topological polar surface area (TPSA) is 40.7 Å². The molecule has 2 rings (SSSR count). The van der Waals surface area contributed by atoms with E-state index in [9.17, 15) is 4.39 Å². The van der Waals surface area contributed by atoms with E-state index in [4.69, 9.17) is 0 Å². The van der Waals surface area contributed by atoms with E-state index in [0.29, 0.717) is 0 Å². The fourth-order valence-electron chi connectivity index (χ4n) is 1.64. The van der Waals surface area contributed by atoms with Crippen LogP contribution in [0.15, 0.2) is 36.7 Å². The maximum Gasteiger partial charge on any atom is 0.123 e. The lowest BCUT2D eigenvalue weighted by atomic mass is 10.1. The van der Waals surface area contributed by atoms with Crippen molar-refractivity contribution in [3.05, 3.63) is 48.0 Å². The Morgan fingerprint density at radius 3 is 2.75 bits per heavy atom. The van der Waals surface area contributed by atoms with Gasteiger partial charge in [0, 0.05) is 12.2 Å². The van der Waals surface area contributed by atoms with Crippen molar-refractivity contribution < 1.29 is 4.39 Å². The minimum atomic E-state index is -0.195. The summed E-state index contributed by atoms with van der Waals surface area (Å²) >= 11 is 0. The molecule has 1 aromatic heterocycles. The van der Waals surface area contributed by atoms with Gasteiger partial charge in [-0.1, -0.05) is 12.1 Å². The second-order valence-electron chi connectivity index (χ2n) is 3.86. The van der Waals surface area contributed by atoms with Gasteiger partial charge >= 0.3 is 0 Å². The zero-order valence-electron chi connectivity index (χ0n) is 9.07. The maximum atomic E-state index is 12.7. The van der Waals surface area contributed by atoms with Crippen molar-refractivity contribution in [3.8, 4) is 0 Å². The van der Waals surface area contributed by atoms with Crippen LogP contribution in [0.1, 0.15) is 12.5 Å². The summed E-state index contributed by atoms with van der Waals surface area (Å²) in [4.78, 5) is 0. The van der Waals surface area contributed by atoms with Crippen molar-refractivity contribution in [3.63, 3.8) is 0 Å². The molecule has 0 aliphatic rings. The van der Waals surface area contributed by atoms with Gasteiger partial charge in [-0.25, -0.2) is 4.39 Å². The Kier molecular flexibility index (Phi) is 3.19. The highest BCUT2D eigenvalue weighted by atomic mass is 19.1. The molecule has 3 nitrogen and oxygen atoms in total. The van der Waals surface area contributed by atoms with Gasteiger partial charge < -0.3 is 5.32 Å². The molecule has 84 valence electrons. The summed E-state index contributed by atoms with van der Waals surface area (Å²) in [5.74, 6) is -0.195. The monoisotopic (exact) mass is 219 g/mol. The van der Waals surface area contributed by atoms with E-state index in [0.717, 1.165) is 17.7 Å². The second kappa shape index (κ2) is 4.79. The highest BCUT2D eigenvalue weighted by Crippen LogP contribution is 2.09. The fraction of sp³-hybridized carbons (Fsp3) is 0.250. The molecule has 0 spiro atoms. The van der Waals surface area contributed by atoms with Crippen molar-refractivity contribution in [1.82, 2.24) is 10.2 Å². The molecule has 2 N–H and O–H groups in total. The smallest absolute Gasteiger partial charge is 0.123 e. The van der Waals surface area contributed by atoms with Crippen LogP contribution in [0.4, 0.5) is 10.1 Å². The Balaban J connectivity index is 1.92. The number of hydrogen-bond acceptors (Lipinski definition) is 2. The normalized spacial score (nSPS) is 12.4. The summed E-state index contributed by atoms with van der Waals surface area (Å²) in [6.45, 7) is 2.08. The molecule has 2 aromatic rings. The number of anilines is 1. The quantitative estimate of drug-likeness (QED) is 0.829. The van der Waals surface area contributed by atoms with Crippen LogP contribution in [-0.2, 0) is 6.42 Å². The van der Waals surface area contributed by atoms with Gasteiger partial charge in [0.25, 0.3) is 0 Å². The summed E-state index contributed by atoms with van der Waals surface area (Å²) in [6.07, 6.45) is 4.40. The molecule has 0 amide bonds. The van der Waals surface area contributed by atoms with Gasteiger partial charge in [-0.05, 0) is 31.0 Å². The van der Waals surface area contributed by atoms with Crippen LogP contribution in [0.2, 0.25) is 0 Å². The van der Waals surface area contributed by atoms with Crippen LogP contribution >= 0.6 is 0 Å². The Labute approximate surface area is 93.7 Å². The molecule has 16 heavy (non-hydrogen) atoms. The molecule has 0 fully saturated rings. The third-order valence-electron chi connectivity index (χ3n) is 2.37. The Hall–Kier alpha value is -1.84. The van der Waals surface area contributed by atoms with Crippen molar-refractivity contribution in [2.75, 3.05) is 5.32 Å². The van der Waals surface area contributed by atoms with E-state index in [1.165, 1.54) is 12.1 Å². The highest BCUT2D eigenvalue weighted by Gasteiger charge is 2.04. The number of nitrogens with one attached hydrogen (secondary N) is 2. The first kappa shape index (κ1) is 10.7. The number of halogens is 1. The summed E-state index contributed by atoms with van der Waals surface area (Å²) < 4.78 is 12.7. The first-order chi connectivity index (χ1) is 7.74. The Morgan fingerprint density at radius 2 is 2.12 bits per heavy atom. The maximum absolute atomic E-state index is 12.7. The van der Waals surface area contributed by atoms with Crippen molar-refractivity contribution >= 4 is 5.69 Å². The second-order valence-corrected chi connectivity index (χ2v) is 3.86. The lowest BCUT2D eigenvalue weighted by Crippen LogP contribution is -2.17. The molecular weight excluding hydrogens is 205 g/mol. The predicted molar refractivity (Wildman–Crippen MR) is 61.8 cm³/mol. The number of benzene rings is 1. The number of nitrogens with zero attached hydrogens (tertiary/aromatic N) is 1. The van der Waals surface area contributed by atoms with Crippen molar-refractivity contribution in [2.45, 2.75) is 19.4 Å².